The lowest BCUT2D eigenvalue weighted by molar-refractivity contribution is 0.264. The molecule has 2 unspecified atom stereocenters. The second-order valence-electron chi connectivity index (χ2n) is 3.90. The van der Waals surface area contributed by atoms with Gasteiger partial charge in [0.1, 0.15) is 0 Å². The summed E-state index contributed by atoms with van der Waals surface area (Å²) >= 11 is 6.29. The zero-order valence-electron chi connectivity index (χ0n) is 6.91. The van der Waals surface area contributed by atoms with E-state index in [9.17, 15) is 0 Å². The Kier molecular flexibility index (Phi) is 2.11. The van der Waals surface area contributed by atoms with Crippen molar-refractivity contribution in [3.8, 4) is 0 Å². The summed E-state index contributed by atoms with van der Waals surface area (Å²) in [6, 6.07) is 0. The molecule has 64 valence electrons. The molecule has 2 rings (SSSR count). The smallest absolute Gasteiger partial charge is 0.0517 e. The molecule has 1 aliphatic heterocycles. The molecule has 11 heavy (non-hydrogen) atoms. The molecule has 1 saturated heterocycles. The molecule has 1 N–H and O–H groups in total. The number of hydrogen-bond acceptors (Lipinski definition) is 1. The molecule has 0 aromatic heterocycles. The average molecular weight is 174 g/mol. The fourth-order valence-corrected chi connectivity index (χ4v) is 2.95. The molecule has 1 saturated carbocycles. The Morgan fingerprint density at radius 3 is 2.55 bits per heavy atom. The fraction of sp³-hybridized carbons (Fsp3) is 1.00. The first kappa shape index (κ1) is 7.88. The van der Waals surface area contributed by atoms with Gasteiger partial charge in [-0.25, -0.2) is 0 Å². The molecule has 2 fully saturated rings. The summed E-state index contributed by atoms with van der Waals surface area (Å²) in [4.78, 5) is 0. The molecular formula is C9H16ClN. The Morgan fingerprint density at radius 1 is 1.18 bits per heavy atom. The normalized spacial score (nSPS) is 45.0. The van der Waals surface area contributed by atoms with E-state index in [1.54, 1.807) is 0 Å². The van der Waals surface area contributed by atoms with Crippen LogP contribution in [0.15, 0.2) is 0 Å². The lowest BCUT2D eigenvalue weighted by Gasteiger charge is -2.37. The van der Waals surface area contributed by atoms with E-state index in [0.717, 1.165) is 0 Å². The number of rotatable bonds is 0. The van der Waals surface area contributed by atoms with Crippen molar-refractivity contribution < 1.29 is 0 Å². The van der Waals surface area contributed by atoms with Gasteiger partial charge in [-0.15, -0.1) is 11.6 Å². The van der Waals surface area contributed by atoms with Gasteiger partial charge in [0, 0.05) is 5.54 Å². The van der Waals surface area contributed by atoms with E-state index in [4.69, 9.17) is 11.6 Å². The van der Waals surface area contributed by atoms with Crippen molar-refractivity contribution >= 4 is 11.6 Å². The number of hydrogen-bond donors (Lipinski definition) is 1. The Hall–Kier alpha value is 0.250. The van der Waals surface area contributed by atoms with E-state index in [0.29, 0.717) is 10.9 Å². The highest BCUT2D eigenvalue weighted by molar-refractivity contribution is 6.21. The molecule has 1 nitrogen and oxygen atoms in total. The zero-order valence-corrected chi connectivity index (χ0v) is 7.66. The minimum Gasteiger partial charge on any atom is -0.310 e. The molecule has 2 heteroatoms. The second kappa shape index (κ2) is 2.95. The van der Waals surface area contributed by atoms with Crippen molar-refractivity contribution in [3.05, 3.63) is 0 Å². The number of piperidine rings is 1. The lowest BCUT2D eigenvalue weighted by atomic mass is 9.87. The number of nitrogens with one attached hydrogen (secondary N) is 1. The maximum atomic E-state index is 6.29. The van der Waals surface area contributed by atoms with Gasteiger partial charge < -0.3 is 5.32 Å². The van der Waals surface area contributed by atoms with Crippen LogP contribution in [0.1, 0.15) is 38.5 Å². The molecule has 0 aromatic carbocycles. The van der Waals surface area contributed by atoms with Gasteiger partial charge in [0.05, 0.1) is 5.38 Å². The molecule has 1 spiro atoms. The predicted octanol–water partition coefficient (Wildman–Crippen LogP) is 2.29. The van der Waals surface area contributed by atoms with Crippen molar-refractivity contribution in [2.24, 2.45) is 0 Å². The Morgan fingerprint density at radius 2 is 2.00 bits per heavy atom. The van der Waals surface area contributed by atoms with Gasteiger partial charge >= 0.3 is 0 Å². The van der Waals surface area contributed by atoms with Gasteiger partial charge in [-0.2, -0.15) is 0 Å². The summed E-state index contributed by atoms with van der Waals surface area (Å²) in [7, 11) is 0. The zero-order chi connectivity index (χ0) is 7.73. The van der Waals surface area contributed by atoms with Crippen molar-refractivity contribution in [1.82, 2.24) is 5.32 Å². The van der Waals surface area contributed by atoms with E-state index in [1.807, 2.05) is 0 Å². The Labute approximate surface area is 73.5 Å². The summed E-state index contributed by atoms with van der Waals surface area (Å²) in [5.41, 5.74) is 0.347. The van der Waals surface area contributed by atoms with Gasteiger partial charge in [-0.05, 0) is 32.2 Å². The minimum atomic E-state index is 0.347. The number of alkyl halides is 1. The van der Waals surface area contributed by atoms with Crippen molar-refractivity contribution in [1.29, 1.82) is 0 Å². The van der Waals surface area contributed by atoms with Crippen LogP contribution >= 0.6 is 11.6 Å². The van der Waals surface area contributed by atoms with E-state index in [2.05, 4.69) is 5.32 Å². The van der Waals surface area contributed by atoms with Crippen LogP contribution < -0.4 is 5.32 Å². The van der Waals surface area contributed by atoms with Gasteiger partial charge in [0.15, 0.2) is 0 Å². The molecule has 0 bridgehead atoms. The topological polar surface area (TPSA) is 12.0 Å². The summed E-state index contributed by atoms with van der Waals surface area (Å²) in [6.45, 7) is 1.18. The molecule has 1 aliphatic carbocycles. The van der Waals surface area contributed by atoms with Crippen LogP contribution in [0.2, 0.25) is 0 Å². The molecule has 0 aromatic rings. The van der Waals surface area contributed by atoms with Crippen LogP contribution in [-0.2, 0) is 0 Å². The third-order valence-corrected chi connectivity index (χ3v) is 3.84. The second-order valence-corrected chi connectivity index (χ2v) is 4.43. The van der Waals surface area contributed by atoms with E-state index in [1.165, 1.54) is 45.1 Å². The van der Waals surface area contributed by atoms with Crippen LogP contribution in [0.5, 0.6) is 0 Å². The largest absolute Gasteiger partial charge is 0.310 e. The molecule has 0 radical (unpaired) electrons. The first-order valence-electron chi connectivity index (χ1n) is 4.73. The first-order valence-corrected chi connectivity index (χ1v) is 5.16. The predicted molar refractivity (Wildman–Crippen MR) is 48.1 cm³/mol. The average Bonchev–Trinajstić information content (AvgIpc) is 2.36. The molecular weight excluding hydrogens is 158 g/mol. The van der Waals surface area contributed by atoms with Crippen LogP contribution in [-0.4, -0.2) is 17.5 Å². The molecule has 2 atom stereocenters. The van der Waals surface area contributed by atoms with E-state index >= 15 is 0 Å². The molecule has 0 amide bonds. The highest BCUT2D eigenvalue weighted by Crippen LogP contribution is 2.39. The highest BCUT2D eigenvalue weighted by Gasteiger charge is 2.41. The van der Waals surface area contributed by atoms with Crippen molar-refractivity contribution in [2.45, 2.75) is 49.4 Å². The van der Waals surface area contributed by atoms with Gasteiger partial charge in [0.2, 0.25) is 0 Å². The Bertz CT molecular complexity index is 140. The van der Waals surface area contributed by atoms with Gasteiger partial charge in [-0.3, -0.25) is 0 Å². The standard InChI is InChI=1S/C9H16ClN/c10-8-4-3-6-9(8)5-1-2-7-11-9/h8,11H,1-7H2. The maximum absolute atomic E-state index is 6.29. The van der Waals surface area contributed by atoms with Crippen LogP contribution in [0, 0.1) is 0 Å². The van der Waals surface area contributed by atoms with Crippen molar-refractivity contribution in [2.75, 3.05) is 6.54 Å². The van der Waals surface area contributed by atoms with Gasteiger partial charge in [0.25, 0.3) is 0 Å². The van der Waals surface area contributed by atoms with Gasteiger partial charge in [-0.1, -0.05) is 12.8 Å². The lowest BCUT2D eigenvalue weighted by Crippen LogP contribution is -2.51. The SMILES string of the molecule is ClC1CCCC12CCCCN2. The van der Waals surface area contributed by atoms with E-state index < -0.39 is 0 Å². The quantitative estimate of drug-likeness (QED) is 0.555. The molecule has 2 aliphatic rings. The van der Waals surface area contributed by atoms with Crippen LogP contribution in [0.3, 0.4) is 0 Å². The summed E-state index contributed by atoms with van der Waals surface area (Å²) in [5, 5.41) is 4.02. The van der Waals surface area contributed by atoms with Crippen LogP contribution in [0.25, 0.3) is 0 Å². The van der Waals surface area contributed by atoms with Crippen LogP contribution in [0.4, 0.5) is 0 Å². The Balaban J connectivity index is 2.06. The fourth-order valence-electron chi connectivity index (χ4n) is 2.50. The summed E-state index contributed by atoms with van der Waals surface area (Å²) < 4.78 is 0. The number of halogens is 1. The third-order valence-electron chi connectivity index (χ3n) is 3.21. The first-order chi connectivity index (χ1) is 5.33. The summed E-state index contributed by atoms with van der Waals surface area (Å²) in [6.07, 6.45) is 7.86. The third kappa shape index (κ3) is 1.29. The van der Waals surface area contributed by atoms with E-state index in [-0.39, 0.29) is 0 Å². The summed E-state index contributed by atoms with van der Waals surface area (Å²) in [5.74, 6) is 0. The highest BCUT2D eigenvalue weighted by atomic mass is 35.5. The maximum Gasteiger partial charge on any atom is 0.0517 e. The molecule has 1 heterocycles. The monoisotopic (exact) mass is 173 g/mol. The van der Waals surface area contributed by atoms with Crippen molar-refractivity contribution in [3.63, 3.8) is 0 Å². The minimum absolute atomic E-state index is 0.347.